The summed E-state index contributed by atoms with van der Waals surface area (Å²) in [4.78, 5) is 19.2. The van der Waals surface area contributed by atoms with E-state index in [-0.39, 0.29) is 0 Å². The van der Waals surface area contributed by atoms with Crippen LogP contribution in [-0.4, -0.2) is 19.9 Å². The van der Waals surface area contributed by atoms with Crippen molar-refractivity contribution in [3.05, 3.63) is 183 Å². The Hall–Kier alpha value is -6.78. The molecule has 0 radical (unpaired) electrons. The highest BCUT2D eigenvalue weighted by Gasteiger charge is 2.17. The predicted molar refractivity (Wildman–Crippen MR) is 205 cm³/mol. The quantitative estimate of drug-likeness (QED) is 0.170. The maximum Gasteiger partial charge on any atom is 0.0978 e. The molecule has 50 heavy (non-hydrogen) atoms. The first-order chi connectivity index (χ1) is 24.8. The molecule has 0 aliphatic carbocycles. The first kappa shape index (κ1) is 29.4. The molecular weight excluding hydrogens is 609 g/mol. The van der Waals surface area contributed by atoms with Gasteiger partial charge < -0.3 is 0 Å². The summed E-state index contributed by atoms with van der Waals surface area (Å²) in [6.07, 6.45) is 7.26. The van der Waals surface area contributed by atoms with Crippen LogP contribution >= 0.6 is 0 Å². The van der Waals surface area contributed by atoms with Crippen LogP contribution < -0.4 is 0 Å². The Balaban J connectivity index is 1.29. The standard InChI is InChI=1S/C46H30N4/c1-3-7-31(8-4-1)33-11-15-35(16-12-33)41-29-43(37-21-25-47-26-22-37)49-45-39(41)19-20-40-42(30-44(50-46(40)45)38-23-27-48-28-24-38)36-17-13-34(14-18-36)32-9-5-2-6-10-32/h1-30H. The van der Waals surface area contributed by atoms with Crippen LogP contribution in [0.25, 0.3) is 88.8 Å². The van der Waals surface area contributed by atoms with Gasteiger partial charge in [0.05, 0.1) is 22.4 Å². The molecule has 4 aromatic heterocycles. The molecule has 0 aliphatic rings. The summed E-state index contributed by atoms with van der Waals surface area (Å²) in [5, 5.41) is 2.10. The average molecular weight is 639 g/mol. The molecule has 0 spiro atoms. The van der Waals surface area contributed by atoms with Gasteiger partial charge >= 0.3 is 0 Å². The zero-order chi connectivity index (χ0) is 33.3. The average Bonchev–Trinajstić information content (AvgIpc) is 3.21. The van der Waals surface area contributed by atoms with Gasteiger partial charge in [0.2, 0.25) is 0 Å². The van der Waals surface area contributed by atoms with Crippen LogP contribution in [0.5, 0.6) is 0 Å². The molecule has 9 rings (SSSR count). The highest BCUT2D eigenvalue weighted by Crippen LogP contribution is 2.40. The van der Waals surface area contributed by atoms with Gasteiger partial charge in [-0.15, -0.1) is 0 Å². The first-order valence-corrected chi connectivity index (χ1v) is 16.7. The Kier molecular flexibility index (Phi) is 7.45. The third-order valence-corrected chi connectivity index (χ3v) is 9.32. The first-order valence-electron chi connectivity index (χ1n) is 16.7. The van der Waals surface area contributed by atoms with Gasteiger partial charge in [-0.3, -0.25) is 9.97 Å². The molecule has 0 N–H and O–H groups in total. The van der Waals surface area contributed by atoms with Crippen molar-refractivity contribution in [2.24, 2.45) is 0 Å². The lowest BCUT2D eigenvalue weighted by Crippen LogP contribution is -1.96. The minimum Gasteiger partial charge on any atom is -0.265 e. The summed E-state index contributed by atoms with van der Waals surface area (Å²) in [5.41, 5.74) is 14.7. The van der Waals surface area contributed by atoms with Crippen molar-refractivity contribution in [2.75, 3.05) is 0 Å². The topological polar surface area (TPSA) is 51.6 Å². The lowest BCUT2D eigenvalue weighted by molar-refractivity contribution is 1.30. The maximum absolute atomic E-state index is 5.35. The van der Waals surface area contributed by atoms with E-state index < -0.39 is 0 Å². The molecule has 0 fully saturated rings. The molecule has 0 saturated carbocycles. The maximum atomic E-state index is 5.35. The second-order valence-corrected chi connectivity index (χ2v) is 12.3. The number of rotatable bonds is 6. The van der Waals surface area contributed by atoms with Crippen LogP contribution in [0.3, 0.4) is 0 Å². The van der Waals surface area contributed by atoms with Crippen LogP contribution in [0.2, 0.25) is 0 Å². The van der Waals surface area contributed by atoms with Gasteiger partial charge in [-0.05, 0) is 80.9 Å². The smallest absolute Gasteiger partial charge is 0.0978 e. The van der Waals surface area contributed by atoms with Crippen molar-refractivity contribution in [2.45, 2.75) is 0 Å². The largest absolute Gasteiger partial charge is 0.265 e. The Morgan fingerprint density at radius 2 is 0.620 bits per heavy atom. The van der Waals surface area contributed by atoms with Gasteiger partial charge in [0.25, 0.3) is 0 Å². The van der Waals surface area contributed by atoms with Gasteiger partial charge in [-0.25, -0.2) is 9.97 Å². The minimum atomic E-state index is 0.858. The Bertz CT molecular complexity index is 2400. The van der Waals surface area contributed by atoms with Gasteiger partial charge in [-0.1, -0.05) is 121 Å². The number of benzene rings is 5. The minimum absolute atomic E-state index is 0.858. The Morgan fingerprint density at radius 3 is 1.00 bits per heavy atom. The summed E-state index contributed by atoms with van der Waals surface area (Å²) < 4.78 is 0. The van der Waals surface area contributed by atoms with Gasteiger partial charge in [0, 0.05) is 46.7 Å². The molecule has 5 aromatic carbocycles. The van der Waals surface area contributed by atoms with Gasteiger partial charge in [0.1, 0.15) is 0 Å². The molecule has 0 atom stereocenters. The highest BCUT2D eigenvalue weighted by molar-refractivity contribution is 6.13. The summed E-state index contributed by atoms with van der Waals surface area (Å²) in [6.45, 7) is 0. The molecule has 0 unspecified atom stereocenters. The van der Waals surface area contributed by atoms with Gasteiger partial charge in [-0.2, -0.15) is 0 Å². The van der Waals surface area contributed by atoms with Crippen molar-refractivity contribution in [3.63, 3.8) is 0 Å². The molecule has 0 bridgehead atoms. The van der Waals surface area contributed by atoms with E-state index in [0.29, 0.717) is 0 Å². The number of pyridine rings is 4. The van der Waals surface area contributed by atoms with E-state index >= 15 is 0 Å². The van der Waals surface area contributed by atoms with Crippen molar-refractivity contribution < 1.29 is 0 Å². The van der Waals surface area contributed by atoms with Crippen molar-refractivity contribution in [1.82, 2.24) is 19.9 Å². The molecule has 234 valence electrons. The van der Waals surface area contributed by atoms with Crippen molar-refractivity contribution in [3.8, 4) is 67.0 Å². The van der Waals surface area contributed by atoms with E-state index in [1.807, 2.05) is 61.2 Å². The molecule has 4 nitrogen and oxygen atoms in total. The van der Waals surface area contributed by atoms with E-state index in [2.05, 4.69) is 131 Å². The zero-order valence-electron chi connectivity index (χ0n) is 27.1. The normalized spacial score (nSPS) is 11.2. The summed E-state index contributed by atoms with van der Waals surface area (Å²) in [6, 6.07) is 55.4. The van der Waals surface area contributed by atoms with Crippen LogP contribution in [0, 0.1) is 0 Å². The summed E-state index contributed by atoms with van der Waals surface area (Å²) >= 11 is 0. The number of nitrogens with zero attached hydrogens (tertiary/aromatic N) is 4. The number of fused-ring (bicyclic) bond motifs is 3. The fourth-order valence-electron chi connectivity index (χ4n) is 6.74. The van der Waals surface area contributed by atoms with Crippen molar-refractivity contribution in [1.29, 1.82) is 0 Å². The lowest BCUT2D eigenvalue weighted by Gasteiger charge is -2.16. The molecule has 4 heteroatoms. The summed E-state index contributed by atoms with van der Waals surface area (Å²) in [5.74, 6) is 0. The SMILES string of the molecule is c1ccc(-c2ccc(-c3cc(-c4ccncc4)nc4c3ccc3c(-c5ccc(-c6ccccc6)cc5)cc(-c5ccncc5)nc34)cc2)cc1. The fourth-order valence-corrected chi connectivity index (χ4v) is 6.74. The molecule has 4 heterocycles. The summed E-state index contributed by atoms with van der Waals surface area (Å²) in [7, 11) is 0. The van der Waals surface area contributed by atoms with E-state index in [1.54, 1.807) is 0 Å². The molecule has 9 aromatic rings. The van der Waals surface area contributed by atoms with E-state index in [1.165, 1.54) is 22.3 Å². The van der Waals surface area contributed by atoms with E-state index in [9.17, 15) is 0 Å². The van der Waals surface area contributed by atoms with E-state index in [4.69, 9.17) is 9.97 Å². The molecule has 0 saturated heterocycles. The predicted octanol–water partition coefficient (Wildman–Crippen LogP) is 11.6. The van der Waals surface area contributed by atoms with Gasteiger partial charge in [0.15, 0.2) is 0 Å². The Morgan fingerprint density at radius 1 is 0.280 bits per heavy atom. The second kappa shape index (κ2) is 12.7. The highest BCUT2D eigenvalue weighted by atomic mass is 14.8. The van der Waals surface area contributed by atoms with Crippen molar-refractivity contribution >= 4 is 21.8 Å². The van der Waals surface area contributed by atoms with Crippen LogP contribution in [0.1, 0.15) is 0 Å². The van der Waals surface area contributed by atoms with E-state index in [0.717, 1.165) is 66.6 Å². The third-order valence-electron chi connectivity index (χ3n) is 9.32. The number of aromatic nitrogens is 4. The monoisotopic (exact) mass is 638 g/mol. The number of hydrogen-bond donors (Lipinski definition) is 0. The molecular formula is C46H30N4. The third kappa shape index (κ3) is 5.49. The van der Waals surface area contributed by atoms with Crippen LogP contribution in [0.15, 0.2) is 183 Å². The van der Waals surface area contributed by atoms with Crippen LogP contribution in [0.4, 0.5) is 0 Å². The molecule has 0 amide bonds. The lowest BCUT2D eigenvalue weighted by atomic mass is 9.93. The van der Waals surface area contributed by atoms with Crippen LogP contribution in [-0.2, 0) is 0 Å². The second-order valence-electron chi connectivity index (χ2n) is 12.3. The number of hydrogen-bond acceptors (Lipinski definition) is 4. The fraction of sp³-hybridized carbons (Fsp3) is 0. The molecule has 0 aliphatic heterocycles. The Labute approximate surface area is 290 Å². The zero-order valence-corrected chi connectivity index (χ0v) is 27.1.